The number of carbonyl (C=O) groups excluding carboxylic acids is 1. The van der Waals surface area contributed by atoms with Crippen LogP contribution in [0.25, 0.3) is 0 Å². The van der Waals surface area contributed by atoms with Gasteiger partial charge in [0, 0.05) is 58.1 Å². The molecule has 2 aliphatic rings. The van der Waals surface area contributed by atoms with Crippen molar-refractivity contribution >= 4 is 5.91 Å². The van der Waals surface area contributed by atoms with Crippen molar-refractivity contribution < 1.29 is 9.53 Å². The van der Waals surface area contributed by atoms with E-state index in [2.05, 4.69) is 21.8 Å². The third kappa shape index (κ3) is 4.24. The third-order valence-electron chi connectivity index (χ3n) is 5.11. The molecule has 1 amide bonds. The zero-order valence-corrected chi connectivity index (χ0v) is 14.8. The molecule has 0 spiro atoms. The summed E-state index contributed by atoms with van der Waals surface area (Å²) in [6, 6.07) is 3.55. The Kier molecular flexibility index (Phi) is 5.68. The molecular formula is C18H28N4O2. The van der Waals surface area contributed by atoms with Crippen LogP contribution >= 0.6 is 0 Å². The number of nitrogens with zero attached hydrogens (tertiary/aromatic N) is 4. The highest BCUT2D eigenvalue weighted by Crippen LogP contribution is 2.20. The monoisotopic (exact) mass is 332 g/mol. The van der Waals surface area contributed by atoms with Crippen LogP contribution in [0.2, 0.25) is 0 Å². The highest BCUT2D eigenvalue weighted by Gasteiger charge is 2.27. The maximum absolute atomic E-state index is 12.7. The van der Waals surface area contributed by atoms with Gasteiger partial charge in [-0.1, -0.05) is 0 Å². The topological polar surface area (TPSA) is 48.9 Å². The molecule has 1 atom stereocenters. The number of pyridine rings is 1. The molecule has 0 bridgehead atoms. The normalized spacial score (nSPS) is 23.2. The molecular weight excluding hydrogens is 304 g/mol. The van der Waals surface area contributed by atoms with Crippen LogP contribution in [0.4, 0.5) is 0 Å². The second-order valence-corrected chi connectivity index (χ2v) is 6.95. The molecule has 0 saturated carbocycles. The Hall–Kier alpha value is -1.66. The predicted molar refractivity (Wildman–Crippen MR) is 93.4 cm³/mol. The van der Waals surface area contributed by atoms with Crippen molar-refractivity contribution in [2.75, 3.05) is 60.0 Å². The molecule has 1 aromatic heterocycles. The molecule has 6 nitrogen and oxygen atoms in total. The summed E-state index contributed by atoms with van der Waals surface area (Å²) in [4.78, 5) is 23.8. The van der Waals surface area contributed by atoms with Crippen LogP contribution in [0.5, 0.6) is 5.88 Å². The van der Waals surface area contributed by atoms with Gasteiger partial charge in [0.25, 0.3) is 5.91 Å². The number of likely N-dealkylation sites (N-methyl/N-ethyl adjacent to an activating group) is 1. The van der Waals surface area contributed by atoms with Crippen LogP contribution in [0.1, 0.15) is 23.2 Å². The first kappa shape index (κ1) is 17.2. The van der Waals surface area contributed by atoms with E-state index in [0.717, 1.165) is 52.2 Å². The quantitative estimate of drug-likeness (QED) is 0.829. The molecule has 0 radical (unpaired) electrons. The van der Waals surface area contributed by atoms with Crippen LogP contribution < -0.4 is 4.74 Å². The molecule has 2 fully saturated rings. The summed E-state index contributed by atoms with van der Waals surface area (Å²) in [5, 5.41) is 0. The van der Waals surface area contributed by atoms with Gasteiger partial charge in [0.05, 0.1) is 12.7 Å². The summed E-state index contributed by atoms with van der Waals surface area (Å²) in [7, 11) is 3.76. The van der Waals surface area contributed by atoms with Crippen LogP contribution in [0, 0.1) is 5.92 Å². The minimum atomic E-state index is 0.0910. The molecule has 0 aromatic carbocycles. The Morgan fingerprint density at radius 2 is 2.04 bits per heavy atom. The first-order valence-corrected chi connectivity index (χ1v) is 8.86. The largest absolute Gasteiger partial charge is 0.481 e. The smallest absolute Gasteiger partial charge is 0.255 e. The molecule has 6 heteroatoms. The number of aromatic nitrogens is 1. The molecule has 24 heavy (non-hydrogen) atoms. The standard InChI is InChI=1S/C18H28N4O2/c1-20-8-10-21(11-9-20)13-15-4-3-7-22(14-15)18(23)16-5-6-17(24-2)19-12-16/h5-6,12,15H,3-4,7-11,13-14H2,1-2H3. The number of amides is 1. The van der Waals surface area contributed by atoms with E-state index in [1.807, 2.05) is 4.90 Å². The maximum atomic E-state index is 12.7. The summed E-state index contributed by atoms with van der Waals surface area (Å²) in [6.07, 6.45) is 3.93. The van der Waals surface area contributed by atoms with Crippen molar-refractivity contribution in [1.82, 2.24) is 19.7 Å². The van der Waals surface area contributed by atoms with Crippen LogP contribution in [0.3, 0.4) is 0 Å². The van der Waals surface area contributed by atoms with Gasteiger partial charge in [-0.2, -0.15) is 0 Å². The average molecular weight is 332 g/mol. The summed E-state index contributed by atoms with van der Waals surface area (Å²) in [5.41, 5.74) is 0.649. The fourth-order valence-electron chi connectivity index (χ4n) is 3.60. The fraction of sp³-hybridized carbons (Fsp3) is 0.667. The van der Waals surface area contributed by atoms with Crippen molar-refractivity contribution in [2.24, 2.45) is 5.92 Å². The lowest BCUT2D eigenvalue weighted by molar-refractivity contribution is 0.0609. The van der Waals surface area contributed by atoms with E-state index >= 15 is 0 Å². The number of hydrogen-bond acceptors (Lipinski definition) is 5. The van der Waals surface area contributed by atoms with Gasteiger partial charge in [0.15, 0.2) is 0 Å². The van der Waals surface area contributed by atoms with E-state index in [9.17, 15) is 4.79 Å². The third-order valence-corrected chi connectivity index (χ3v) is 5.11. The zero-order chi connectivity index (χ0) is 16.9. The van der Waals surface area contributed by atoms with Crippen LogP contribution in [-0.2, 0) is 0 Å². The van der Waals surface area contributed by atoms with Gasteiger partial charge in [-0.25, -0.2) is 4.98 Å². The van der Waals surface area contributed by atoms with Gasteiger partial charge >= 0.3 is 0 Å². The van der Waals surface area contributed by atoms with Crippen molar-refractivity contribution in [3.63, 3.8) is 0 Å². The average Bonchev–Trinajstić information content (AvgIpc) is 2.63. The van der Waals surface area contributed by atoms with Crippen molar-refractivity contribution in [3.05, 3.63) is 23.9 Å². The second-order valence-electron chi connectivity index (χ2n) is 6.95. The molecule has 2 saturated heterocycles. The minimum absolute atomic E-state index is 0.0910. The Morgan fingerprint density at radius 1 is 1.25 bits per heavy atom. The zero-order valence-electron chi connectivity index (χ0n) is 14.8. The fourth-order valence-corrected chi connectivity index (χ4v) is 3.60. The number of carbonyl (C=O) groups is 1. The summed E-state index contributed by atoms with van der Waals surface area (Å²) in [5.74, 6) is 1.21. The Balaban J connectivity index is 1.55. The van der Waals surface area contributed by atoms with Crippen molar-refractivity contribution in [3.8, 4) is 5.88 Å². The van der Waals surface area contributed by atoms with Gasteiger partial charge in [0.2, 0.25) is 5.88 Å². The van der Waals surface area contributed by atoms with Crippen molar-refractivity contribution in [1.29, 1.82) is 0 Å². The highest BCUT2D eigenvalue weighted by atomic mass is 16.5. The molecule has 1 unspecified atom stereocenters. The lowest BCUT2D eigenvalue weighted by atomic mass is 9.96. The second kappa shape index (κ2) is 7.94. The molecule has 3 heterocycles. The van der Waals surface area contributed by atoms with Gasteiger partial charge in [-0.05, 0) is 31.9 Å². The number of ether oxygens (including phenoxy) is 1. The van der Waals surface area contributed by atoms with Crippen LogP contribution in [0.15, 0.2) is 18.3 Å². The van der Waals surface area contributed by atoms with E-state index in [1.54, 1.807) is 25.4 Å². The number of rotatable bonds is 4. The Labute approximate surface area is 144 Å². The van der Waals surface area contributed by atoms with Crippen LogP contribution in [-0.4, -0.2) is 85.6 Å². The minimum Gasteiger partial charge on any atom is -0.481 e. The molecule has 132 valence electrons. The first-order valence-electron chi connectivity index (χ1n) is 8.86. The summed E-state index contributed by atoms with van der Waals surface area (Å²) in [6.45, 7) is 7.40. The number of piperazine rings is 1. The summed E-state index contributed by atoms with van der Waals surface area (Å²) >= 11 is 0. The molecule has 0 N–H and O–H groups in total. The lowest BCUT2D eigenvalue weighted by Gasteiger charge is -2.38. The van der Waals surface area contributed by atoms with Gasteiger partial charge in [0.1, 0.15) is 0 Å². The first-order chi connectivity index (χ1) is 11.7. The molecule has 0 aliphatic carbocycles. The molecule has 1 aromatic rings. The van der Waals surface area contributed by atoms with E-state index in [1.165, 1.54) is 6.42 Å². The number of piperidine rings is 1. The SMILES string of the molecule is COc1ccc(C(=O)N2CCCC(CN3CCN(C)CC3)C2)cn1. The highest BCUT2D eigenvalue weighted by molar-refractivity contribution is 5.94. The number of likely N-dealkylation sites (tertiary alicyclic amines) is 1. The van der Waals surface area contributed by atoms with E-state index in [4.69, 9.17) is 4.74 Å². The van der Waals surface area contributed by atoms with Gasteiger partial charge < -0.3 is 19.4 Å². The van der Waals surface area contributed by atoms with Gasteiger partial charge in [-0.15, -0.1) is 0 Å². The number of hydrogen-bond donors (Lipinski definition) is 0. The van der Waals surface area contributed by atoms with E-state index < -0.39 is 0 Å². The van der Waals surface area contributed by atoms with Gasteiger partial charge in [-0.3, -0.25) is 4.79 Å². The lowest BCUT2D eigenvalue weighted by Crippen LogP contribution is -2.49. The Bertz CT molecular complexity index is 540. The predicted octanol–water partition coefficient (Wildman–Crippen LogP) is 1.19. The summed E-state index contributed by atoms with van der Waals surface area (Å²) < 4.78 is 5.06. The molecule has 2 aliphatic heterocycles. The van der Waals surface area contributed by atoms with E-state index in [0.29, 0.717) is 17.4 Å². The van der Waals surface area contributed by atoms with E-state index in [-0.39, 0.29) is 5.91 Å². The molecule has 3 rings (SSSR count). The maximum Gasteiger partial charge on any atom is 0.255 e. The number of methoxy groups -OCH3 is 1. The Morgan fingerprint density at radius 3 is 2.71 bits per heavy atom. The van der Waals surface area contributed by atoms with Crippen molar-refractivity contribution in [2.45, 2.75) is 12.8 Å².